The fraction of sp³-hybridized carbons (Fsp3) is 0.636. The van der Waals surface area contributed by atoms with E-state index in [2.05, 4.69) is 5.32 Å². The van der Waals surface area contributed by atoms with Crippen LogP contribution in [0.3, 0.4) is 0 Å². The molecule has 3 N–H and O–H groups in total. The number of rotatable bonds is 5. The van der Waals surface area contributed by atoms with Gasteiger partial charge in [-0.2, -0.15) is 0 Å². The molecule has 1 saturated carbocycles. The molecule has 2 amide bonds. The van der Waals surface area contributed by atoms with Gasteiger partial charge in [-0.15, -0.1) is 0 Å². The Morgan fingerprint density at radius 2 is 1.81 bits per heavy atom. The zero-order valence-electron chi connectivity index (χ0n) is 16.5. The zero-order chi connectivity index (χ0) is 19.2. The largest absolute Gasteiger partial charge is 0.352 e. The average Bonchev–Trinajstić information content (AvgIpc) is 2.72. The van der Waals surface area contributed by atoms with E-state index in [1.807, 2.05) is 36.1 Å². The van der Waals surface area contributed by atoms with Gasteiger partial charge in [0.05, 0.1) is 5.92 Å². The Morgan fingerprint density at radius 1 is 1.11 bits per heavy atom. The van der Waals surface area contributed by atoms with Crippen molar-refractivity contribution in [2.45, 2.75) is 57.9 Å². The molecule has 1 aliphatic heterocycles. The van der Waals surface area contributed by atoms with Gasteiger partial charge in [-0.1, -0.05) is 37.0 Å². The predicted octanol–water partition coefficient (Wildman–Crippen LogP) is 2.87. The number of carbonyl (C=O) groups excluding carboxylic acids is 2. The molecule has 1 aromatic carbocycles. The topological polar surface area (TPSA) is 75.4 Å². The van der Waals surface area contributed by atoms with Crippen molar-refractivity contribution >= 4 is 11.8 Å². The Labute approximate surface area is 162 Å². The molecule has 0 spiro atoms. The summed E-state index contributed by atoms with van der Waals surface area (Å²) in [6, 6.07) is 7.72. The second kappa shape index (κ2) is 9.36. The summed E-state index contributed by atoms with van der Waals surface area (Å²) in [6.45, 7) is 3.73. The molecule has 1 saturated heterocycles. The van der Waals surface area contributed by atoms with Gasteiger partial charge in [0.25, 0.3) is 5.91 Å². The van der Waals surface area contributed by atoms with Gasteiger partial charge in [-0.05, 0) is 50.7 Å². The number of piperidine rings is 1. The van der Waals surface area contributed by atoms with Gasteiger partial charge >= 0.3 is 0 Å². The molecule has 1 heterocycles. The summed E-state index contributed by atoms with van der Waals surface area (Å²) in [5.41, 5.74) is 7.80. The lowest BCUT2D eigenvalue weighted by Gasteiger charge is -2.35. The lowest BCUT2D eigenvalue weighted by Crippen LogP contribution is -2.51. The van der Waals surface area contributed by atoms with Crippen molar-refractivity contribution in [3.63, 3.8) is 0 Å². The average molecular weight is 372 g/mol. The molecule has 2 atom stereocenters. The van der Waals surface area contributed by atoms with Crippen LogP contribution in [0.2, 0.25) is 0 Å². The first kappa shape index (κ1) is 19.9. The van der Waals surface area contributed by atoms with Crippen molar-refractivity contribution in [2.24, 2.45) is 17.6 Å². The van der Waals surface area contributed by atoms with Gasteiger partial charge in [0.1, 0.15) is 0 Å². The molecule has 0 aromatic heterocycles. The van der Waals surface area contributed by atoms with Gasteiger partial charge in [-0.25, -0.2) is 0 Å². The van der Waals surface area contributed by atoms with Gasteiger partial charge in [0.2, 0.25) is 5.91 Å². The van der Waals surface area contributed by atoms with Gasteiger partial charge in [-0.3, -0.25) is 9.59 Å². The predicted molar refractivity (Wildman–Crippen MR) is 107 cm³/mol. The second-order valence-electron chi connectivity index (χ2n) is 8.21. The minimum Gasteiger partial charge on any atom is -0.352 e. The van der Waals surface area contributed by atoms with E-state index in [9.17, 15) is 9.59 Å². The molecule has 1 aliphatic carbocycles. The summed E-state index contributed by atoms with van der Waals surface area (Å²) < 4.78 is 0. The molecule has 0 bridgehead atoms. The highest BCUT2D eigenvalue weighted by atomic mass is 16.2. The highest BCUT2D eigenvalue weighted by Crippen LogP contribution is 2.27. The maximum Gasteiger partial charge on any atom is 0.253 e. The molecule has 5 heteroatoms. The summed E-state index contributed by atoms with van der Waals surface area (Å²) >= 11 is 0. The molecule has 1 aromatic rings. The summed E-state index contributed by atoms with van der Waals surface area (Å²) in [7, 11) is 0. The van der Waals surface area contributed by atoms with Crippen LogP contribution >= 0.6 is 0 Å². The zero-order valence-corrected chi connectivity index (χ0v) is 16.5. The summed E-state index contributed by atoms with van der Waals surface area (Å²) in [6.07, 6.45) is 7.78. The van der Waals surface area contributed by atoms with Crippen LogP contribution in [-0.2, 0) is 4.79 Å². The van der Waals surface area contributed by atoms with Gasteiger partial charge in [0.15, 0.2) is 0 Å². The molecular formula is C22H33N3O2. The van der Waals surface area contributed by atoms with Crippen LogP contribution in [0, 0.1) is 18.8 Å². The molecular weight excluding hydrogens is 338 g/mol. The number of amides is 2. The third-order valence-corrected chi connectivity index (χ3v) is 6.18. The van der Waals surface area contributed by atoms with E-state index >= 15 is 0 Å². The van der Waals surface area contributed by atoms with Crippen LogP contribution in [0.4, 0.5) is 0 Å². The number of hydrogen-bond donors (Lipinski definition) is 2. The van der Waals surface area contributed by atoms with Gasteiger partial charge in [0, 0.05) is 31.2 Å². The number of likely N-dealkylation sites (tertiary alicyclic amines) is 1. The van der Waals surface area contributed by atoms with Crippen LogP contribution in [0.5, 0.6) is 0 Å². The third kappa shape index (κ3) is 5.10. The monoisotopic (exact) mass is 371 g/mol. The van der Waals surface area contributed by atoms with E-state index in [-0.39, 0.29) is 23.8 Å². The fourth-order valence-corrected chi connectivity index (χ4v) is 4.46. The quantitative estimate of drug-likeness (QED) is 0.836. The Kier molecular flexibility index (Phi) is 6.89. The second-order valence-corrected chi connectivity index (χ2v) is 8.21. The van der Waals surface area contributed by atoms with Crippen molar-refractivity contribution in [1.29, 1.82) is 0 Å². The number of nitrogens with zero attached hydrogens (tertiary/aromatic N) is 1. The molecule has 2 unspecified atom stereocenters. The van der Waals surface area contributed by atoms with E-state index in [1.54, 1.807) is 0 Å². The van der Waals surface area contributed by atoms with Crippen molar-refractivity contribution in [2.75, 3.05) is 19.6 Å². The maximum atomic E-state index is 12.9. The van der Waals surface area contributed by atoms with Crippen LogP contribution in [0.1, 0.15) is 60.9 Å². The smallest absolute Gasteiger partial charge is 0.253 e. The van der Waals surface area contributed by atoms with Crippen LogP contribution in [0.15, 0.2) is 24.3 Å². The Morgan fingerprint density at radius 3 is 2.48 bits per heavy atom. The number of benzene rings is 1. The third-order valence-electron chi connectivity index (χ3n) is 6.18. The Bertz CT molecular complexity index is 637. The van der Waals surface area contributed by atoms with Crippen molar-refractivity contribution in [3.05, 3.63) is 35.4 Å². The SMILES string of the molecule is Cc1ccc(C(=O)N2CCCC(C(=O)NC(CN)C3CCCCC3)C2)cc1. The highest BCUT2D eigenvalue weighted by Gasteiger charge is 2.31. The van der Waals surface area contributed by atoms with Crippen LogP contribution in [-0.4, -0.2) is 42.4 Å². The minimum atomic E-state index is -0.134. The van der Waals surface area contributed by atoms with Crippen LogP contribution in [0.25, 0.3) is 0 Å². The van der Waals surface area contributed by atoms with Crippen LogP contribution < -0.4 is 11.1 Å². The highest BCUT2D eigenvalue weighted by molar-refractivity contribution is 5.94. The number of nitrogens with two attached hydrogens (primary N) is 1. The molecule has 3 rings (SSSR count). The Hall–Kier alpha value is -1.88. The maximum absolute atomic E-state index is 12.9. The molecule has 5 nitrogen and oxygen atoms in total. The summed E-state index contributed by atoms with van der Waals surface area (Å²) in [4.78, 5) is 27.5. The van der Waals surface area contributed by atoms with E-state index in [1.165, 1.54) is 19.3 Å². The summed E-state index contributed by atoms with van der Waals surface area (Å²) in [5.74, 6) is 0.458. The lowest BCUT2D eigenvalue weighted by molar-refractivity contribution is -0.127. The molecule has 2 aliphatic rings. The minimum absolute atomic E-state index is 0.0233. The fourth-order valence-electron chi connectivity index (χ4n) is 4.46. The number of aryl methyl sites for hydroxylation is 1. The number of nitrogens with one attached hydrogen (secondary N) is 1. The first-order valence-corrected chi connectivity index (χ1v) is 10.4. The van der Waals surface area contributed by atoms with Crippen molar-refractivity contribution in [3.8, 4) is 0 Å². The van der Waals surface area contributed by atoms with E-state index < -0.39 is 0 Å². The standard InChI is InChI=1S/C22H33N3O2/c1-16-9-11-18(12-10-16)22(27)25-13-5-8-19(15-25)21(26)24-20(14-23)17-6-3-2-4-7-17/h9-12,17,19-20H,2-8,13-15,23H2,1H3,(H,24,26). The summed E-state index contributed by atoms with van der Waals surface area (Å²) in [5, 5.41) is 3.21. The van der Waals surface area contributed by atoms with Gasteiger partial charge < -0.3 is 16.0 Å². The first-order chi connectivity index (χ1) is 13.1. The van der Waals surface area contributed by atoms with E-state index in [0.29, 0.717) is 24.6 Å². The molecule has 27 heavy (non-hydrogen) atoms. The number of hydrogen-bond acceptors (Lipinski definition) is 3. The molecule has 2 fully saturated rings. The molecule has 148 valence electrons. The molecule has 0 radical (unpaired) electrons. The van der Waals surface area contributed by atoms with Crippen molar-refractivity contribution in [1.82, 2.24) is 10.2 Å². The van der Waals surface area contributed by atoms with Crippen molar-refractivity contribution < 1.29 is 9.59 Å². The van der Waals surface area contributed by atoms with E-state index in [0.717, 1.165) is 37.8 Å². The first-order valence-electron chi connectivity index (χ1n) is 10.4. The normalized spacial score (nSPS) is 22.3. The van der Waals surface area contributed by atoms with E-state index in [4.69, 9.17) is 5.73 Å². The number of carbonyl (C=O) groups is 2. The Balaban J connectivity index is 1.58. The lowest BCUT2D eigenvalue weighted by atomic mass is 9.83.